The van der Waals surface area contributed by atoms with Crippen molar-refractivity contribution < 1.29 is 0 Å². The molecule has 0 amide bonds. The van der Waals surface area contributed by atoms with Gasteiger partial charge in [0.25, 0.3) is 5.56 Å². The fourth-order valence-electron chi connectivity index (χ4n) is 1.35. The van der Waals surface area contributed by atoms with Gasteiger partial charge < -0.3 is 11.5 Å². The first-order chi connectivity index (χ1) is 6.65. The van der Waals surface area contributed by atoms with E-state index in [1.54, 1.807) is 7.05 Å². The molecular formula is C7H10N6O. The zero-order valence-corrected chi connectivity index (χ0v) is 7.64. The maximum Gasteiger partial charge on any atom is 0.282 e. The van der Waals surface area contributed by atoms with Crippen molar-refractivity contribution in [2.75, 3.05) is 5.73 Å². The second kappa shape index (κ2) is 2.81. The first-order valence-corrected chi connectivity index (χ1v) is 4.03. The van der Waals surface area contributed by atoms with Gasteiger partial charge in [-0.25, -0.2) is 4.98 Å². The summed E-state index contributed by atoms with van der Waals surface area (Å²) in [6.45, 7) is 0.0127. The summed E-state index contributed by atoms with van der Waals surface area (Å²) in [4.78, 5) is 15.8. The lowest BCUT2D eigenvalue weighted by Gasteiger charge is -2.05. The van der Waals surface area contributed by atoms with Gasteiger partial charge in [0.1, 0.15) is 5.52 Å². The minimum Gasteiger partial charge on any atom is -0.369 e. The normalized spacial score (nSPS) is 11.0. The highest BCUT2D eigenvalue weighted by atomic mass is 16.1. The Kier molecular flexibility index (Phi) is 1.74. The smallest absolute Gasteiger partial charge is 0.282 e. The second-order valence-corrected chi connectivity index (χ2v) is 2.89. The molecule has 0 radical (unpaired) electrons. The summed E-state index contributed by atoms with van der Waals surface area (Å²) in [7, 11) is 1.67. The Morgan fingerprint density at radius 2 is 2.29 bits per heavy atom. The molecule has 7 heteroatoms. The molecule has 14 heavy (non-hydrogen) atoms. The largest absolute Gasteiger partial charge is 0.369 e. The quantitative estimate of drug-likeness (QED) is 0.582. The molecule has 74 valence electrons. The lowest BCUT2D eigenvalue weighted by Crippen LogP contribution is -2.28. The molecule has 4 N–H and O–H groups in total. The van der Waals surface area contributed by atoms with Crippen LogP contribution in [0.4, 0.5) is 5.95 Å². The van der Waals surface area contributed by atoms with Crippen molar-refractivity contribution in [1.29, 1.82) is 0 Å². The molecule has 0 aliphatic heterocycles. The van der Waals surface area contributed by atoms with Gasteiger partial charge in [0.05, 0.1) is 12.9 Å². The van der Waals surface area contributed by atoms with Crippen LogP contribution >= 0.6 is 0 Å². The summed E-state index contributed by atoms with van der Waals surface area (Å²) >= 11 is 0. The van der Waals surface area contributed by atoms with E-state index in [4.69, 9.17) is 11.5 Å². The van der Waals surface area contributed by atoms with Crippen molar-refractivity contribution in [1.82, 2.24) is 19.3 Å². The third kappa shape index (κ3) is 0.990. The molecule has 0 atom stereocenters. The van der Waals surface area contributed by atoms with Gasteiger partial charge in [0.2, 0.25) is 5.95 Å². The number of nitrogens with zero attached hydrogens (tertiary/aromatic N) is 4. The van der Waals surface area contributed by atoms with E-state index in [-0.39, 0.29) is 18.2 Å². The van der Waals surface area contributed by atoms with E-state index in [2.05, 4.69) is 10.1 Å². The topological polar surface area (TPSA) is 105 Å². The highest BCUT2D eigenvalue weighted by Gasteiger charge is 2.10. The zero-order chi connectivity index (χ0) is 10.3. The van der Waals surface area contributed by atoms with Crippen LogP contribution in [0.25, 0.3) is 11.0 Å². The summed E-state index contributed by atoms with van der Waals surface area (Å²) in [5, 5.41) is 3.92. The highest BCUT2D eigenvalue weighted by molar-refractivity contribution is 5.73. The number of nitrogens with two attached hydrogens (primary N) is 2. The standard InChI is InChI=1S/C7H10N6O/c1-12-5-4(2-10-12)11-7(9)13(3-8)6(5)14/h2H,3,8H2,1H3,(H2,9,11). The van der Waals surface area contributed by atoms with Crippen LogP contribution in [0.15, 0.2) is 11.0 Å². The third-order valence-corrected chi connectivity index (χ3v) is 2.06. The van der Waals surface area contributed by atoms with E-state index in [9.17, 15) is 4.79 Å². The van der Waals surface area contributed by atoms with Crippen LogP contribution in [0.1, 0.15) is 0 Å². The van der Waals surface area contributed by atoms with Crippen molar-refractivity contribution in [2.24, 2.45) is 12.8 Å². The zero-order valence-electron chi connectivity index (χ0n) is 7.64. The maximum absolute atomic E-state index is 11.8. The molecule has 0 saturated carbocycles. The fraction of sp³-hybridized carbons (Fsp3) is 0.286. The molecule has 0 aromatic carbocycles. The first-order valence-electron chi connectivity index (χ1n) is 4.03. The number of fused-ring (bicyclic) bond motifs is 1. The van der Waals surface area contributed by atoms with Gasteiger partial charge in [-0.2, -0.15) is 5.10 Å². The van der Waals surface area contributed by atoms with E-state index in [0.29, 0.717) is 11.0 Å². The van der Waals surface area contributed by atoms with Crippen LogP contribution in [0.3, 0.4) is 0 Å². The maximum atomic E-state index is 11.8. The van der Waals surface area contributed by atoms with Gasteiger partial charge in [-0.1, -0.05) is 0 Å². The van der Waals surface area contributed by atoms with Crippen LogP contribution in [0.5, 0.6) is 0 Å². The van der Waals surface area contributed by atoms with Crippen molar-refractivity contribution in [2.45, 2.75) is 6.67 Å². The number of hydrogen-bond acceptors (Lipinski definition) is 5. The van der Waals surface area contributed by atoms with Gasteiger partial charge >= 0.3 is 0 Å². The number of nitrogen functional groups attached to an aromatic ring is 1. The SMILES string of the molecule is Cn1ncc2nc(N)n(CN)c(=O)c21. The predicted molar refractivity (Wildman–Crippen MR) is 51.4 cm³/mol. The molecular weight excluding hydrogens is 184 g/mol. The Morgan fingerprint density at radius 1 is 1.57 bits per heavy atom. The lowest BCUT2D eigenvalue weighted by molar-refractivity contribution is 0.695. The molecule has 0 bridgehead atoms. The molecule has 0 aliphatic rings. The van der Waals surface area contributed by atoms with E-state index < -0.39 is 0 Å². The first kappa shape index (κ1) is 8.70. The summed E-state index contributed by atoms with van der Waals surface area (Å²) in [5.41, 5.74) is 11.5. The summed E-state index contributed by atoms with van der Waals surface area (Å²) in [6, 6.07) is 0. The van der Waals surface area contributed by atoms with Gasteiger partial charge in [0.15, 0.2) is 5.52 Å². The molecule has 0 unspecified atom stereocenters. The average molecular weight is 194 g/mol. The van der Waals surface area contributed by atoms with Crippen LogP contribution in [0, 0.1) is 0 Å². The van der Waals surface area contributed by atoms with E-state index in [1.165, 1.54) is 15.4 Å². The third-order valence-electron chi connectivity index (χ3n) is 2.06. The average Bonchev–Trinajstić information content (AvgIpc) is 2.48. The Balaban J connectivity index is 2.97. The van der Waals surface area contributed by atoms with Gasteiger partial charge in [0, 0.05) is 7.05 Å². The number of rotatable bonds is 1. The lowest BCUT2D eigenvalue weighted by atomic mass is 10.4. The van der Waals surface area contributed by atoms with Crippen molar-refractivity contribution in [3.8, 4) is 0 Å². The number of hydrogen-bond donors (Lipinski definition) is 2. The highest BCUT2D eigenvalue weighted by Crippen LogP contribution is 2.06. The molecule has 7 nitrogen and oxygen atoms in total. The molecule has 2 aromatic rings. The second-order valence-electron chi connectivity index (χ2n) is 2.89. The number of aryl methyl sites for hydroxylation is 1. The van der Waals surface area contributed by atoms with E-state index >= 15 is 0 Å². The fourth-order valence-corrected chi connectivity index (χ4v) is 1.35. The summed E-state index contributed by atoms with van der Waals surface area (Å²) in [6.07, 6.45) is 1.49. The Morgan fingerprint density at radius 3 is 2.93 bits per heavy atom. The molecule has 2 heterocycles. The monoisotopic (exact) mass is 194 g/mol. The molecule has 0 spiro atoms. The Hall–Kier alpha value is -1.89. The van der Waals surface area contributed by atoms with Gasteiger partial charge in [-0.05, 0) is 0 Å². The minimum atomic E-state index is -0.269. The van der Waals surface area contributed by atoms with E-state index in [0.717, 1.165) is 0 Å². The number of aromatic nitrogens is 4. The van der Waals surface area contributed by atoms with E-state index in [1.807, 2.05) is 0 Å². The van der Waals surface area contributed by atoms with Crippen molar-refractivity contribution in [3.05, 3.63) is 16.6 Å². The molecule has 0 fully saturated rings. The van der Waals surface area contributed by atoms with Crippen LogP contribution in [-0.4, -0.2) is 19.3 Å². The van der Waals surface area contributed by atoms with Gasteiger partial charge in [-0.15, -0.1) is 0 Å². The number of anilines is 1. The molecule has 0 aliphatic carbocycles. The molecule has 0 saturated heterocycles. The Labute approximate surface area is 78.9 Å². The van der Waals surface area contributed by atoms with Crippen LogP contribution < -0.4 is 17.0 Å². The summed E-state index contributed by atoms with van der Waals surface area (Å²) < 4.78 is 2.65. The van der Waals surface area contributed by atoms with Crippen LogP contribution in [-0.2, 0) is 13.7 Å². The predicted octanol–water partition coefficient (Wildman–Crippen LogP) is -1.37. The van der Waals surface area contributed by atoms with Gasteiger partial charge in [-0.3, -0.25) is 14.0 Å². The van der Waals surface area contributed by atoms with Crippen molar-refractivity contribution >= 4 is 17.0 Å². The minimum absolute atomic E-state index is 0.0127. The van der Waals surface area contributed by atoms with Crippen LogP contribution in [0.2, 0.25) is 0 Å². The summed E-state index contributed by atoms with van der Waals surface area (Å²) in [5.74, 6) is 0.109. The Bertz CT molecular complexity index is 539. The molecule has 2 rings (SSSR count). The van der Waals surface area contributed by atoms with Crippen molar-refractivity contribution in [3.63, 3.8) is 0 Å². The molecule has 2 aromatic heterocycles.